The van der Waals surface area contributed by atoms with E-state index in [9.17, 15) is 24.4 Å². The van der Waals surface area contributed by atoms with Crippen molar-refractivity contribution in [1.82, 2.24) is 15.5 Å². The van der Waals surface area contributed by atoms with Gasteiger partial charge in [-0.05, 0) is 45.7 Å². The molecule has 0 saturated carbocycles. The number of nitrogens with zero attached hydrogens (tertiary/aromatic N) is 2. The third-order valence-electron chi connectivity index (χ3n) is 5.00. The highest BCUT2D eigenvalue weighted by atomic mass is 16.6. The Balaban J connectivity index is 3.55. The number of rotatable bonds is 11. The van der Waals surface area contributed by atoms with Crippen molar-refractivity contribution in [2.24, 2.45) is 5.73 Å². The molecule has 0 aliphatic carbocycles. The summed E-state index contributed by atoms with van der Waals surface area (Å²) in [4.78, 5) is 52.3. The van der Waals surface area contributed by atoms with E-state index in [1.807, 2.05) is 19.9 Å². The van der Waals surface area contributed by atoms with Gasteiger partial charge in [0.15, 0.2) is 0 Å². The van der Waals surface area contributed by atoms with Crippen molar-refractivity contribution in [3.8, 4) is 18.4 Å². The minimum atomic E-state index is -1.48. The molecule has 1 aromatic rings. The first-order valence-corrected chi connectivity index (χ1v) is 11.7. The van der Waals surface area contributed by atoms with Gasteiger partial charge in [0.1, 0.15) is 24.2 Å². The van der Waals surface area contributed by atoms with E-state index in [4.69, 9.17) is 16.9 Å². The third-order valence-corrected chi connectivity index (χ3v) is 5.00. The maximum Gasteiger partial charge on any atom is 0.408 e. The smallest absolute Gasteiger partial charge is 0.408 e. The van der Waals surface area contributed by atoms with Crippen LogP contribution in [0.4, 0.5) is 4.79 Å². The van der Waals surface area contributed by atoms with Gasteiger partial charge in [0.05, 0.1) is 12.5 Å². The summed E-state index contributed by atoms with van der Waals surface area (Å²) in [6.45, 7) is 8.16. The van der Waals surface area contributed by atoms with Crippen LogP contribution in [0.15, 0.2) is 24.3 Å². The number of hydrogen-bond donors (Lipinski definition) is 3. The molecule has 0 heterocycles. The van der Waals surface area contributed by atoms with E-state index in [1.54, 1.807) is 45.0 Å². The number of nitriles is 1. The molecule has 0 saturated heterocycles. The van der Waals surface area contributed by atoms with Gasteiger partial charge in [-0.15, -0.1) is 6.42 Å². The summed E-state index contributed by atoms with van der Waals surface area (Å²) in [5.74, 6) is 0.205. The van der Waals surface area contributed by atoms with E-state index in [0.29, 0.717) is 17.5 Å². The van der Waals surface area contributed by atoms with Crippen molar-refractivity contribution in [1.29, 1.82) is 5.26 Å². The maximum absolute atomic E-state index is 13.7. The Bertz CT molecular complexity index is 1030. The zero-order valence-electron chi connectivity index (χ0n) is 21.5. The molecule has 0 aliphatic heterocycles. The van der Waals surface area contributed by atoms with Crippen molar-refractivity contribution in [3.63, 3.8) is 0 Å². The molecule has 3 unspecified atom stereocenters. The van der Waals surface area contributed by atoms with Crippen molar-refractivity contribution in [2.75, 3.05) is 6.54 Å². The topological polar surface area (TPSA) is 155 Å². The van der Waals surface area contributed by atoms with Crippen molar-refractivity contribution >= 4 is 23.8 Å². The second kappa shape index (κ2) is 13.7. The van der Waals surface area contributed by atoms with Crippen LogP contribution in [0.1, 0.15) is 71.0 Å². The number of carbonyl (C=O) groups is 4. The van der Waals surface area contributed by atoms with Crippen molar-refractivity contribution < 1.29 is 23.9 Å². The summed E-state index contributed by atoms with van der Waals surface area (Å²) in [5.41, 5.74) is 5.12. The highest BCUT2D eigenvalue weighted by Gasteiger charge is 2.38. The average Bonchev–Trinajstić information content (AvgIpc) is 2.76. The minimum Gasteiger partial charge on any atom is -0.444 e. The molecule has 0 fully saturated rings. The van der Waals surface area contributed by atoms with Crippen molar-refractivity contribution in [2.45, 2.75) is 77.6 Å². The molecule has 194 valence electrons. The van der Waals surface area contributed by atoms with Crippen LogP contribution in [0.25, 0.3) is 0 Å². The van der Waals surface area contributed by atoms with Crippen LogP contribution in [-0.4, -0.2) is 52.9 Å². The largest absolute Gasteiger partial charge is 0.444 e. The number of nitrogens with one attached hydrogen (secondary N) is 2. The van der Waals surface area contributed by atoms with Gasteiger partial charge in [0.25, 0.3) is 0 Å². The average molecular weight is 498 g/mol. The van der Waals surface area contributed by atoms with E-state index < -0.39 is 54.5 Å². The Morgan fingerprint density at radius 1 is 1.19 bits per heavy atom. The molecule has 3 atom stereocenters. The van der Waals surface area contributed by atoms with E-state index in [-0.39, 0.29) is 6.04 Å². The number of terminal acetylenes is 1. The van der Waals surface area contributed by atoms with Gasteiger partial charge in [-0.2, -0.15) is 5.26 Å². The van der Waals surface area contributed by atoms with Gasteiger partial charge in [0.2, 0.25) is 17.7 Å². The number of benzene rings is 1. The molecule has 4 amide bonds. The highest BCUT2D eigenvalue weighted by Crippen LogP contribution is 2.26. The zero-order chi connectivity index (χ0) is 27.5. The first kappa shape index (κ1) is 30.0. The summed E-state index contributed by atoms with van der Waals surface area (Å²) in [6, 6.07) is 5.42. The second-order valence-electron chi connectivity index (χ2n) is 9.33. The lowest BCUT2D eigenvalue weighted by Gasteiger charge is -2.33. The van der Waals surface area contributed by atoms with E-state index in [1.165, 1.54) is 0 Å². The molecule has 36 heavy (non-hydrogen) atoms. The lowest BCUT2D eigenvalue weighted by atomic mass is 9.97. The lowest BCUT2D eigenvalue weighted by molar-refractivity contribution is -0.142. The molecule has 1 rings (SSSR count). The number of primary amides is 1. The molecular weight excluding hydrogens is 462 g/mol. The maximum atomic E-state index is 13.7. The fourth-order valence-corrected chi connectivity index (χ4v) is 3.57. The fraction of sp³-hybridized carbons (Fsp3) is 0.500. The molecule has 0 spiro atoms. The molecule has 0 bridgehead atoms. The monoisotopic (exact) mass is 497 g/mol. The number of carbonyl (C=O) groups excluding carboxylic acids is 4. The van der Waals surface area contributed by atoms with Crippen molar-refractivity contribution in [3.05, 3.63) is 35.4 Å². The Kier molecular flexibility index (Phi) is 11.4. The number of ether oxygens (including phenoxy) is 1. The second-order valence-corrected chi connectivity index (χ2v) is 9.33. The van der Waals surface area contributed by atoms with Crippen LogP contribution in [0.5, 0.6) is 0 Å². The number of amides is 4. The Morgan fingerprint density at radius 3 is 2.36 bits per heavy atom. The molecule has 0 radical (unpaired) electrons. The Hall–Kier alpha value is -4.05. The fourth-order valence-electron chi connectivity index (χ4n) is 3.57. The summed E-state index contributed by atoms with van der Waals surface area (Å²) < 4.78 is 5.20. The third kappa shape index (κ3) is 9.30. The van der Waals surface area contributed by atoms with Gasteiger partial charge in [-0.1, -0.05) is 37.5 Å². The normalized spacial score (nSPS) is 13.2. The number of nitrogens with two attached hydrogens (primary N) is 1. The van der Waals surface area contributed by atoms with Gasteiger partial charge in [0, 0.05) is 11.6 Å². The quantitative estimate of drug-likeness (QED) is 0.314. The van der Waals surface area contributed by atoms with Crippen LogP contribution < -0.4 is 16.4 Å². The summed E-state index contributed by atoms with van der Waals surface area (Å²) in [6.07, 6.45) is 5.62. The summed E-state index contributed by atoms with van der Waals surface area (Å²) in [7, 11) is 0. The van der Waals surface area contributed by atoms with E-state index in [0.717, 1.165) is 11.3 Å². The summed E-state index contributed by atoms with van der Waals surface area (Å²) >= 11 is 0. The number of alkyl carbamates (subject to hydrolysis) is 1. The molecule has 4 N–H and O–H groups in total. The summed E-state index contributed by atoms with van der Waals surface area (Å²) in [5, 5.41) is 14.7. The minimum absolute atomic E-state index is 0.219. The lowest BCUT2D eigenvalue weighted by Crippen LogP contribution is -2.54. The van der Waals surface area contributed by atoms with Gasteiger partial charge in [-0.3, -0.25) is 14.4 Å². The van der Waals surface area contributed by atoms with Gasteiger partial charge >= 0.3 is 6.09 Å². The van der Waals surface area contributed by atoms with Crippen LogP contribution in [0.3, 0.4) is 0 Å². The van der Waals surface area contributed by atoms with E-state index >= 15 is 0 Å². The standard InChI is InChI=1S/C26H35N5O5/c1-7-11-17(3)29-23(33)22(19-13-10-9-12-18(19)8-2)31(15-14-27)24(34)20(16-21(28)32)30-25(35)36-26(4,5)6/h2,9-10,12-13,17,20,22H,7,11,15-16H2,1,3-6H3,(H2,28,32)(H,29,33)(H,30,35). The highest BCUT2D eigenvalue weighted by molar-refractivity contribution is 5.95. The molecule has 10 heteroatoms. The predicted octanol–water partition coefficient (Wildman–Crippen LogP) is 2.13. The van der Waals surface area contributed by atoms with Crippen LogP contribution in [0.2, 0.25) is 0 Å². The van der Waals surface area contributed by atoms with Crippen LogP contribution in [-0.2, 0) is 19.1 Å². The molecule has 0 aliphatic rings. The van der Waals surface area contributed by atoms with Gasteiger partial charge in [-0.25, -0.2) is 4.79 Å². The van der Waals surface area contributed by atoms with Crippen LogP contribution in [0, 0.1) is 23.7 Å². The van der Waals surface area contributed by atoms with Gasteiger partial charge < -0.3 is 26.0 Å². The SMILES string of the molecule is C#Cc1ccccc1C(C(=O)NC(C)CCC)N(CC#N)C(=O)C(CC(N)=O)NC(=O)OC(C)(C)C. The van der Waals surface area contributed by atoms with E-state index in [2.05, 4.69) is 16.6 Å². The Morgan fingerprint density at radius 2 is 1.83 bits per heavy atom. The van der Waals surface area contributed by atoms with Crippen LogP contribution >= 0.6 is 0 Å². The molecule has 10 nitrogen and oxygen atoms in total. The molecular formula is C26H35N5O5. The Labute approximate surface area is 212 Å². The molecule has 1 aromatic carbocycles. The molecule has 0 aromatic heterocycles. The predicted molar refractivity (Wildman–Crippen MR) is 134 cm³/mol. The first-order valence-electron chi connectivity index (χ1n) is 11.7. The zero-order valence-corrected chi connectivity index (χ0v) is 21.5. The number of hydrogen-bond acceptors (Lipinski definition) is 6. The first-order chi connectivity index (χ1) is 16.8.